The summed E-state index contributed by atoms with van der Waals surface area (Å²) in [7, 11) is 3.06. The maximum Gasteiger partial charge on any atom is 0.275 e. The summed E-state index contributed by atoms with van der Waals surface area (Å²) in [6.45, 7) is 1.78. The van der Waals surface area contributed by atoms with Crippen LogP contribution >= 0.6 is 0 Å². The fraction of sp³-hybridized carbons (Fsp3) is 0.176. The van der Waals surface area contributed by atoms with Gasteiger partial charge < -0.3 is 24.6 Å². The normalized spacial score (nSPS) is 10.3. The molecule has 0 aliphatic heterocycles. The Morgan fingerprint density at radius 2 is 1.92 bits per heavy atom. The van der Waals surface area contributed by atoms with Gasteiger partial charge >= 0.3 is 0 Å². The molecule has 0 radical (unpaired) electrons. The molecule has 0 aliphatic carbocycles. The highest BCUT2D eigenvalue weighted by atomic mass is 16.5. The van der Waals surface area contributed by atoms with Crippen LogP contribution in [0.5, 0.6) is 11.5 Å². The van der Waals surface area contributed by atoms with Gasteiger partial charge in [-0.1, -0.05) is 5.16 Å². The first-order valence-electron chi connectivity index (χ1n) is 7.65. The van der Waals surface area contributed by atoms with Gasteiger partial charge in [0.2, 0.25) is 0 Å². The number of nitrogens with one attached hydrogen (secondary N) is 2. The molecule has 26 heavy (non-hydrogen) atoms. The van der Waals surface area contributed by atoms with Crippen LogP contribution in [0.2, 0.25) is 0 Å². The molecule has 2 N–H and O–H groups in total. The van der Waals surface area contributed by atoms with Crippen molar-refractivity contribution in [3.8, 4) is 11.5 Å². The van der Waals surface area contributed by atoms with Gasteiger partial charge in [-0.2, -0.15) is 0 Å². The lowest BCUT2D eigenvalue weighted by Gasteiger charge is -2.11. The predicted octanol–water partition coefficient (Wildman–Crippen LogP) is 2.79. The highest BCUT2D eigenvalue weighted by molar-refractivity contribution is 6.03. The number of ether oxygens (including phenoxy) is 2. The Hall–Kier alpha value is -3.62. The van der Waals surface area contributed by atoms with Crippen LogP contribution in [0, 0.1) is 6.92 Å². The first-order valence-corrected chi connectivity index (χ1v) is 7.65. The lowest BCUT2D eigenvalue weighted by molar-refractivity contribution is 0.102. The van der Waals surface area contributed by atoms with E-state index >= 15 is 0 Å². The van der Waals surface area contributed by atoms with Crippen LogP contribution in [-0.4, -0.2) is 35.3 Å². The summed E-state index contributed by atoms with van der Waals surface area (Å²) in [5.41, 5.74) is 0.658. The van der Waals surface area contributed by atoms with E-state index in [-0.39, 0.29) is 5.69 Å². The third-order valence-electron chi connectivity index (χ3n) is 3.43. The predicted molar refractivity (Wildman–Crippen MR) is 94.1 cm³/mol. The van der Waals surface area contributed by atoms with Gasteiger partial charge in [0.1, 0.15) is 28.8 Å². The summed E-state index contributed by atoms with van der Waals surface area (Å²) in [6.07, 6.45) is 2.80. The minimum Gasteiger partial charge on any atom is -0.497 e. The molecule has 1 aromatic carbocycles. The van der Waals surface area contributed by atoms with Gasteiger partial charge in [0.05, 0.1) is 32.3 Å². The summed E-state index contributed by atoms with van der Waals surface area (Å²) in [5, 5.41) is 9.46. The Morgan fingerprint density at radius 1 is 1.08 bits per heavy atom. The van der Waals surface area contributed by atoms with Crippen LogP contribution in [0.1, 0.15) is 16.2 Å². The molecular formula is C17H17N5O4. The van der Waals surface area contributed by atoms with Crippen LogP contribution in [-0.2, 0) is 0 Å². The third-order valence-corrected chi connectivity index (χ3v) is 3.43. The fourth-order valence-electron chi connectivity index (χ4n) is 2.15. The number of benzene rings is 1. The number of hydrogen-bond donors (Lipinski definition) is 2. The number of carbonyl (C=O) groups is 1. The molecule has 0 aliphatic rings. The number of aromatic nitrogens is 3. The van der Waals surface area contributed by atoms with Crippen molar-refractivity contribution in [3.05, 3.63) is 48.1 Å². The zero-order valence-electron chi connectivity index (χ0n) is 14.4. The largest absolute Gasteiger partial charge is 0.497 e. The lowest BCUT2D eigenvalue weighted by atomic mass is 10.2. The first-order chi connectivity index (χ1) is 12.6. The minimum atomic E-state index is -0.412. The zero-order chi connectivity index (χ0) is 18.5. The number of carbonyl (C=O) groups excluding carboxylic acids is 1. The molecule has 9 nitrogen and oxygen atoms in total. The fourth-order valence-corrected chi connectivity index (χ4v) is 2.15. The molecule has 134 valence electrons. The number of methoxy groups -OCH3 is 2. The van der Waals surface area contributed by atoms with Crippen molar-refractivity contribution in [1.29, 1.82) is 0 Å². The molecule has 1 amide bonds. The molecule has 0 fully saturated rings. The van der Waals surface area contributed by atoms with E-state index in [0.29, 0.717) is 34.6 Å². The van der Waals surface area contributed by atoms with Gasteiger partial charge in [0.15, 0.2) is 5.82 Å². The Balaban J connectivity index is 1.70. The molecule has 0 saturated carbocycles. The summed E-state index contributed by atoms with van der Waals surface area (Å²) in [6, 6.07) is 6.80. The van der Waals surface area contributed by atoms with E-state index in [1.165, 1.54) is 19.5 Å². The number of amides is 1. The topological polar surface area (TPSA) is 111 Å². The van der Waals surface area contributed by atoms with Crippen LogP contribution in [0.4, 0.5) is 17.3 Å². The van der Waals surface area contributed by atoms with Crippen molar-refractivity contribution in [1.82, 2.24) is 15.1 Å². The van der Waals surface area contributed by atoms with Crippen molar-refractivity contribution in [2.24, 2.45) is 0 Å². The second-order valence-corrected chi connectivity index (χ2v) is 5.26. The van der Waals surface area contributed by atoms with Crippen LogP contribution in [0.25, 0.3) is 0 Å². The van der Waals surface area contributed by atoms with Crippen molar-refractivity contribution < 1.29 is 18.8 Å². The van der Waals surface area contributed by atoms with E-state index < -0.39 is 5.91 Å². The van der Waals surface area contributed by atoms with Crippen molar-refractivity contribution in [3.63, 3.8) is 0 Å². The SMILES string of the molecule is COc1ccc(NC(=O)c2cnc(Nc3cc(C)on3)cn2)c(OC)c1. The molecule has 0 unspecified atom stereocenters. The summed E-state index contributed by atoms with van der Waals surface area (Å²) in [5.74, 6) is 2.31. The van der Waals surface area contributed by atoms with Crippen LogP contribution in [0.3, 0.4) is 0 Å². The maximum absolute atomic E-state index is 12.4. The number of nitrogens with zero attached hydrogens (tertiary/aromatic N) is 3. The monoisotopic (exact) mass is 355 g/mol. The first kappa shape index (κ1) is 17.2. The van der Waals surface area contributed by atoms with Gasteiger partial charge in [0.25, 0.3) is 5.91 Å². The van der Waals surface area contributed by atoms with Gasteiger partial charge in [-0.3, -0.25) is 4.79 Å². The molecule has 9 heteroatoms. The number of rotatable bonds is 6. The standard InChI is InChI=1S/C17H17N5O4/c1-10-6-15(22-26-10)21-16-9-18-13(8-19-16)17(23)20-12-5-4-11(24-2)7-14(12)25-3/h4-9H,1-3H3,(H,20,23)(H,19,21,22). The average Bonchev–Trinajstić information content (AvgIpc) is 3.07. The smallest absolute Gasteiger partial charge is 0.275 e. The third kappa shape index (κ3) is 3.89. The van der Waals surface area contributed by atoms with Crippen molar-refractivity contribution in [2.75, 3.05) is 24.9 Å². The van der Waals surface area contributed by atoms with Gasteiger partial charge in [-0.25, -0.2) is 9.97 Å². The van der Waals surface area contributed by atoms with E-state index in [4.69, 9.17) is 14.0 Å². The zero-order valence-corrected chi connectivity index (χ0v) is 14.4. The van der Waals surface area contributed by atoms with E-state index in [9.17, 15) is 4.79 Å². The Morgan fingerprint density at radius 3 is 2.54 bits per heavy atom. The Kier molecular flexibility index (Phi) is 4.97. The molecule has 2 aromatic heterocycles. The number of hydrogen-bond acceptors (Lipinski definition) is 8. The molecular weight excluding hydrogens is 338 g/mol. The number of aryl methyl sites for hydroxylation is 1. The molecule has 3 rings (SSSR count). The molecule has 2 heterocycles. The van der Waals surface area contributed by atoms with Crippen molar-refractivity contribution in [2.45, 2.75) is 6.92 Å². The summed E-state index contributed by atoms with van der Waals surface area (Å²) >= 11 is 0. The van der Waals surface area contributed by atoms with E-state index in [1.807, 2.05) is 0 Å². The second-order valence-electron chi connectivity index (χ2n) is 5.26. The highest BCUT2D eigenvalue weighted by Crippen LogP contribution is 2.29. The lowest BCUT2D eigenvalue weighted by Crippen LogP contribution is -2.15. The Labute approximate surface area is 149 Å². The molecule has 0 atom stereocenters. The quantitative estimate of drug-likeness (QED) is 0.694. The molecule has 0 saturated heterocycles. The maximum atomic E-state index is 12.4. The molecule has 0 spiro atoms. The van der Waals surface area contributed by atoms with Crippen LogP contribution in [0.15, 0.2) is 41.2 Å². The van der Waals surface area contributed by atoms with E-state index in [0.717, 1.165) is 0 Å². The highest BCUT2D eigenvalue weighted by Gasteiger charge is 2.13. The molecule has 0 bridgehead atoms. The van der Waals surface area contributed by atoms with Gasteiger partial charge in [-0.15, -0.1) is 0 Å². The molecule has 3 aromatic rings. The summed E-state index contributed by atoms with van der Waals surface area (Å²) < 4.78 is 15.3. The summed E-state index contributed by atoms with van der Waals surface area (Å²) in [4.78, 5) is 20.6. The second kappa shape index (κ2) is 7.51. The van der Waals surface area contributed by atoms with Crippen LogP contribution < -0.4 is 20.1 Å². The van der Waals surface area contributed by atoms with Gasteiger partial charge in [-0.05, 0) is 19.1 Å². The van der Waals surface area contributed by atoms with Crippen molar-refractivity contribution >= 4 is 23.2 Å². The van der Waals surface area contributed by atoms with E-state index in [2.05, 4.69) is 25.8 Å². The average molecular weight is 355 g/mol. The van der Waals surface area contributed by atoms with Gasteiger partial charge in [0, 0.05) is 12.1 Å². The minimum absolute atomic E-state index is 0.157. The Bertz CT molecular complexity index is 908. The number of anilines is 3. The van der Waals surface area contributed by atoms with E-state index in [1.54, 1.807) is 38.3 Å².